The second kappa shape index (κ2) is 6.00. The Morgan fingerprint density at radius 2 is 2.00 bits per heavy atom. The number of rotatable bonds is 6. The number of amides is 1. The van der Waals surface area contributed by atoms with Crippen LogP contribution in [-0.4, -0.2) is 48.1 Å². The number of carbonyl (C=O) groups excluding carboxylic acids is 1. The number of aliphatic carboxylic acids is 1. The summed E-state index contributed by atoms with van der Waals surface area (Å²) in [7, 11) is 0. The van der Waals surface area contributed by atoms with Gasteiger partial charge in [0, 0.05) is 6.54 Å². The van der Waals surface area contributed by atoms with Gasteiger partial charge in [-0.25, -0.2) is 0 Å². The number of carboxylic acid groups (broad SMARTS) is 1. The monoisotopic (exact) mass is 242 g/mol. The van der Waals surface area contributed by atoms with E-state index in [2.05, 4.69) is 24.1 Å². The van der Waals surface area contributed by atoms with E-state index in [-0.39, 0.29) is 12.5 Å². The second-order valence-corrected chi connectivity index (χ2v) is 4.84. The average Bonchev–Trinajstić information content (AvgIpc) is 2.70. The third-order valence-corrected chi connectivity index (χ3v) is 3.82. The average molecular weight is 242 g/mol. The van der Waals surface area contributed by atoms with Gasteiger partial charge in [0.2, 0.25) is 5.91 Å². The van der Waals surface area contributed by atoms with Crippen LogP contribution < -0.4 is 5.32 Å². The largest absolute Gasteiger partial charge is 0.480 e. The molecule has 1 heterocycles. The molecule has 98 valence electrons. The van der Waals surface area contributed by atoms with E-state index < -0.39 is 5.97 Å². The maximum Gasteiger partial charge on any atom is 0.322 e. The lowest BCUT2D eigenvalue weighted by Crippen LogP contribution is -2.39. The van der Waals surface area contributed by atoms with Gasteiger partial charge in [-0.05, 0) is 31.2 Å². The highest BCUT2D eigenvalue weighted by Crippen LogP contribution is 2.36. The maximum absolute atomic E-state index is 11.5. The number of nitrogens with one attached hydrogen (secondary N) is 1. The first-order valence-electron chi connectivity index (χ1n) is 6.22. The minimum atomic E-state index is -1.00. The molecule has 0 spiro atoms. The van der Waals surface area contributed by atoms with Crippen molar-refractivity contribution >= 4 is 11.9 Å². The minimum absolute atomic E-state index is 0.199. The van der Waals surface area contributed by atoms with E-state index in [1.54, 1.807) is 0 Å². The molecule has 1 aliphatic heterocycles. The molecule has 0 aromatic heterocycles. The molecule has 17 heavy (non-hydrogen) atoms. The van der Waals surface area contributed by atoms with E-state index in [9.17, 15) is 9.59 Å². The summed E-state index contributed by atoms with van der Waals surface area (Å²) < 4.78 is 0. The van der Waals surface area contributed by atoms with Crippen molar-refractivity contribution in [2.24, 2.45) is 5.41 Å². The van der Waals surface area contributed by atoms with E-state index in [4.69, 9.17) is 5.11 Å². The van der Waals surface area contributed by atoms with Crippen molar-refractivity contribution in [2.45, 2.75) is 33.1 Å². The highest BCUT2D eigenvalue weighted by atomic mass is 16.4. The SMILES string of the molecule is CCC1(CC)CCN(CC(=O)NCC(=O)O)C1. The van der Waals surface area contributed by atoms with Crippen molar-refractivity contribution in [3.63, 3.8) is 0 Å². The van der Waals surface area contributed by atoms with E-state index >= 15 is 0 Å². The molecule has 1 amide bonds. The van der Waals surface area contributed by atoms with Crippen molar-refractivity contribution in [1.29, 1.82) is 0 Å². The number of hydrogen-bond acceptors (Lipinski definition) is 3. The minimum Gasteiger partial charge on any atom is -0.480 e. The van der Waals surface area contributed by atoms with Crippen LogP contribution >= 0.6 is 0 Å². The van der Waals surface area contributed by atoms with Gasteiger partial charge in [-0.15, -0.1) is 0 Å². The van der Waals surface area contributed by atoms with Crippen molar-refractivity contribution in [3.05, 3.63) is 0 Å². The Morgan fingerprint density at radius 1 is 1.35 bits per heavy atom. The second-order valence-electron chi connectivity index (χ2n) is 4.84. The summed E-state index contributed by atoms with van der Waals surface area (Å²) in [5, 5.41) is 10.8. The van der Waals surface area contributed by atoms with Crippen molar-refractivity contribution < 1.29 is 14.7 Å². The summed E-state index contributed by atoms with van der Waals surface area (Å²) >= 11 is 0. The summed E-state index contributed by atoms with van der Waals surface area (Å²) in [4.78, 5) is 23.9. The number of likely N-dealkylation sites (tertiary alicyclic amines) is 1. The summed E-state index contributed by atoms with van der Waals surface area (Å²) in [6.07, 6.45) is 3.40. The fourth-order valence-corrected chi connectivity index (χ4v) is 2.42. The number of hydrogen-bond donors (Lipinski definition) is 2. The first-order chi connectivity index (χ1) is 8.01. The lowest BCUT2D eigenvalue weighted by Gasteiger charge is -2.26. The standard InChI is InChI=1S/C12H22N2O3/c1-3-12(4-2)5-6-14(9-12)8-10(15)13-7-11(16)17/h3-9H2,1-2H3,(H,13,15)(H,16,17). The Labute approximate surface area is 102 Å². The quantitative estimate of drug-likeness (QED) is 0.719. The van der Waals surface area contributed by atoms with E-state index in [0.717, 1.165) is 32.4 Å². The van der Waals surface area contributed by atoms with Gasteiger partial charge in [0.25, 0.3) is 0 Å². The summed E-state index contributed by atoms with van der Waals surface area (Å²) in [5.41, 5.74) is 0.354. The number of carboxylic acids is 1. The topological polar surface area (TPSA) is 69.6 Å². The van der Waals surface area contributed by atoms with Crippen LogP contribution in [0.4, 0.5) is 0 Å². The fourth-order valence-electron chi connectivity index (χ4n) is 2.42. The normalized spacial score (nSPS) is 19.2. The van der Waals surface area contributed by atoms with E-state index in [1.807, 2.05) is 0 Å². The summed E-state index contributed by atoms with van der Waals surface area (Å²) in [6.45, 7) is 6.28. The highest BCUT2D eigenvalue weighted by molar-refractivity contribution is 5.82. The Bertz CT molecular complexity index is 287. The van der Waals surface area contributed by atoms with Crippen LogP contribution in [0.1, 0.15) is 33.1 Å². The predicted octanol–water partition coefficient (Wildman–Crippen LogP) is 0.699. The number of carbonyl (C=O) groups is 2. The van der Waals surface area contributed by atoms with E-state index in [1.165, 1.54) is 0 Å². The molecule has 0 radical (unpaired) electrons. The molecule has 1 saturated heterocycles. The molecular weight excluding hydrogens is 220 g/mol. The number of nitrogens with zero attached hydrogens (tertiary/aromatic N) is 1. The van der Waals surface area contributed by atoms with Gasteiger partial charge in [-0.1, -0.05) is 13.8 Å². The van der Waals surface area contributed by atoms with Gasteiger partial charge >= 0.3 is 5.97 Å². The lowest BCUT2D eigenvalue weighted by atomic mass is 9.82. The summed E-state index contributed by atoms with van der Waals surface area (Å²) in [6, 6.07) is 0. The smallest absolute Gasteiger partial charge is 0.322 e. The fraction of sp³-hybridized carbons (Fsp3) is 0.833. The molecule has 1 rings (SSSR count). The molecule has 0 bridgehead atoms. The molecule has 1 fully saturated rings. The highest BCUT2D eigenvalue weighted by Gasteiger charge is 2.35. The zero-order valence-corrected chi connectivity index (χ0v) is 10.7. The van der Waals surface area contributed by atoms with Gasteiger partial charge in [0.05, 0.1) is 6.54 Å². The van der Waals surface area contributed by atoms with Crippen LogP contribution in [0.3, 0.4) is 0 Å². The Balaban J connectivity index is 2.34. The molecule has 5 nitrogen and oxygen atoms in total. The van der Waals surface area contributed by atoms with Crippen molar-refractivity contribution in [3.8, 4) is 0 Å². The first-order valence-corrected chi connectivity index (χ1v) is 6.22. The Hall–Kier alpha value is -1.10. The van der Waals surface area contributed by atoms with Gasteiger partial charge in [0.1, 0.15) is 6.54 Å². The third-order valence-electron chi connectivity index (χ3n) is 3.82. The van der Waals surface area contributed by atoms with Crippen LogP contribution in [0.2, 0.25) is 0 Å². The zero-order valence-electron chi connectivity index (χ0n) is 10.7. The van der Waals surface area contributed by atoms with Crippen LogP contribution in [0.5, 0.6) is 0 Å². The van der Waals surface area contributed by atoms with Gasteiger partial charge in [-0.3, -0.25) is 14.5 Å². The molecule has 0 unspecified atom stereocenters. The first kappa shape index (κ1) is 14.0. The predicted molar refractivity (Wildman–Crippen MR) is 64.7 cm³/mol. The molecule has 5 heteroatoms. The molecule has 0 atom stereocenters. The summed E-state index contributed by atoms with van der Waals surface area (Å²) in [5.74, 6) is -1.20. The van der Waals surface area contributed by atoms with Crippen LogP contribution in [-0.2, 0) is 9.59 Å². The Morgan fingerprint density at radius 3 is 2.47 bits per heavy atom. The molecule has 0 aliphatic carbocycles. The van der Waals surface area contributed by atoms with Crippen molar-refractivity contribution in [1.82, 2.24) is 10.2 Å². The van der Waals surface area contributed by atoms with Crippen molar-refractivity contribution in [2.75, 3.05) is 26.2 Å². The van der Waals surface area contributed by atoms with Gasteiger partial charge < -0.3 is 10.4 Å². The molecule has 0 aromatic rings. The van der Waals surface area contributed by atoms with Gasteiger partial charge in [0.15, 0.2) is 0 Å². The van der Waals surface area contributed by atoms with Crippen LogP contribution in [0.25, 0.3) is 0 Å². The molecule has 1 aliphatic rings. The van der Waals surface area contributed by atoms with Crippen LogP contribution in [0, 0.1) is 5.41 Å². The van der Waals surface area contributed by atoms with Gasteiger partial charge in [-0.2, -0.15) is 0 Å². The van der Waals surface area contributed by atoms with Crippen LogP contribution in [0.15, 0.2) is 0 Å². The molecule has 0 saturated carbocycles. The molecular formula is C12H22N2O3. The molecule has 0 aromatic carbocycles. The Kier molecular flexibility index (Phi) is 4.93. The lowest BCUT2D eigenvalue weighted by molar-refractivity contribution is -0.138. The maximum atomic E-state index is 11.5. The van der Waals surface area contributed by atoms with E-state index in [0.29, 0.717) is 12.0 Å². The molecule has 2 N–H and O–H groups in total. The third kappa shape index (κ3) is 4.00. The zero-order chi connectivity index (χ0) is 12.9.